The van der Waals surface area contributed by atoms with Crippen molar-refractivity contribution in [2.24, 2.45) is 5.92 Å². The molecule has 1 rings (SSSR count). The molecule has 0 saturated carbocycles. The third kappa shape index (κ3) is 7.61. The number of hydrogen-bond acceptors (Lipinski definition) is 5. The number of carbonyl (C=O) groups excluding carboxylic acids is 2. The normalized spacial score (nSPS) is 12.2. The second-order valence-corrected chi connectivity index (χ2v) is 6.83. The minimum Gasteiger partial charge on any atom is -0.469 e. The smallest absolute Gasteiger partial charge is 0.310 e. The Morgan fingerprint density at radius 2 is 2.04 bits per heavy atom. The van der Waals surface area contributed by atoms with Crippen molar-refractivity contribution in [3.63, 3.8) is 0 Å². The van der Waals surface area contributed by atoms with Crippen molar-refractivity contribution in [1.29, 1.82) is 0 Å². The average Bonchev–Trinajstić information content (AvgIpc) is 3.01. The van der Waals surface area contributed by atoms with Crippen molar-refractivity contribution >= 4 is 23.2 Å². The molecule has 1 unspecified atom stereocenters. The van der Waals surface area contributed by atoms with Gasteiger partial charge in [-0.05, 0) is 31.7 Å². The van der Waals surface area contributed by atoms with Crippen LogP contribution in [0.3, 0.4) is 0 Å². The molecule has 1 atom stereocenters. The molecule has 23 heavy (non-hydrogen) atoms. The van der Waals surface area contributed by atoms with E-state index >= 15 is 0 Å². The van der Waals surface area contributed by atoms with Crippen LogP contribution in [-0.2, 0) is 25.5 Å². The summed E-state index contributed by atoms with van der Waals surface area (Å²) in [5.41, 5.74) is 0. The molecular weight excluding hydrogens is 314 g/mol. The SMILES string of the molecule is COC(=O)C(C)CN(CCCOC(C)C)C(=O)Cc1cccs1. The van der Waals surface area contributed by atoms with Gasteiger partial charge in [0.1, 0.15) is 0 Å². The molecule has 0 aliphatic rings. The number of carbonyl (C=O) groups is 2. The summed E-state index contributed by atoms with van der Waals surface area (Å²) in [5, 5.41) is 1.96. The fourth-order valence-electron chi connectivity index (χ4n) is 2.17. The van der Waals surface area contributed by atoms with Crippen molar-refractivity contribution in [2.75, 3.05) is 26.8 Å². The number of thiophene rings is 1. The van der Waals surface area contributed by atoms with Gasteiger partial charge in [0.15, 0.2) is 0 Å². The van der Waals surface area contributed by atoms with E-state index in [0.29, 0.717) is 26.1 Å². The summed E-state index contributed by atoms with van der Waals surface area (Å²) in [6.45, 7) is 7.31. The number of nitrogens with zero attached hydrogens (tertiary/aromatic N) is 1. The van der Waals surface area contributed by atoms with Crippen LogP contribution in [0.25, 0.3) is 0 Å². The summed E-state index contributed by atoms with van der Waals surface area (Å²) < 4.78 is 10.3. The van der Waals surface area contributed by atoms with Gasteiger partial charge >= 0.3 is 5.97 Å². The minimum absolute atomic E-state index is 0.0350. The highest BCUT2D eigenvalue weighted by Gasteiger charge is 2.21. The van der Waals surface area contributed by atoms with Crippen molar-refractivity contribution in [1.82, 2.24) is 4.90 Å². The maximum absolute atomic E-state index is 12.5. The average molecular weight is 341 g/mol. The van der Waals surface area contributed by atoms with Gasteiger partial charge in [-0.1, -0.05) is 13.0 Å². The van der Waals surface area contributed by atoms with Gasteiger partial charge in [0.25, 0.3) is 0 Å². The fraction of sp³-hybridized carbons (Fsp3) is 0.647. The predicted octanol–water partition coefficient (Wildman–Crippen LogP) is 2.74. The Morgan fingerprint density at radius 1 is 1.30 bits per heavy atom. The largest absolute Gasteiger partial charge is 0.469 e. The molecule has 0 saturated heterocycles. The van der Waals surface area contributed by atoms with Crippen molar-refractivity contribution < 1.29 is 19.1 Å². The van der Waals surface area contributed by atoms with E-state index in [4.69, 9.17) is 9.47 Å². The van der Waals surface area contributed by atoms with Crippen LogP contribution >= 0.6 is 11.3 Å². The molecule has 0 aliphatic heterocycles. The van der Waals surface area contributed by atoms with Crippen LogP contribution in [0.2, 0.25) is 0 Å². The summed E-state index contributed by atoms with van der Waals surface area (Å²) in [6, 6.07) is 3.89. The van der Waals surface area contributed by atoms with E-state index in [1.54, 1.807) is 23.2 Å². The molecular formula is C17H27NO4S. The van der Waals surface area contributed by atoms with Gasteiger partial charge < -0.3 is 14.4 Å². The highest BCUT2D eigenvalue weighted by molar-refractivity contribution is 7.10. The van der Waals surface area contributed by atoms with Gasteiger partial charge in [-0.2, -0.15) is 0 Å². The van der Waals surface area contributed by atoms with Crippen LogP contribution in [0.1, 0.15) is 32.1 Å². The zero-order valence-corrected chi connectivity index (χ0v) is 15.2. The Morgan fingerprint density at radius 3 is 2.61 bits per heavy atom. The van der Waals surface area contributed by atoms with E-state index in [1.165, 1.54) is 7.11 Å². The lowest BCUT2D eigenvalue weighted by atomic mass is 10.1. The molecule has 0 fully saturated rings. The first-order chi connectivity index (χ1) is 10.9. The monoisotopic (exact) mass is 341 g/mol. The molecule has 0 bridgehead atoms. The molecule has 6 heteroatoms. The van der Waals surface area contributed by atoms with Gasteiger partial charge in [0.05, 0.1) is 25.6 Å². The van der Waals surface area contributed by atoms with Crippen molar-refractivity contribution in [2.45, 2.75) is 39.7 Å². The second kappa shape index (κ2) is 10.4. The highest BCUT2D eigenvalue weighted by atomic mass is 32.1. The summed E-state index contributed by atoms with van der Waals surface area (Å²) in [6.07, 6.45) is 1.30. The summed E-state index contributed by atoms with van der Waals surface area (Å²) in [5.74, 6) is -0.594. The summed E-state index contributed by atoms with van der Waals surface area (Å²) in [4.78, 5) is 26.9. The Labute approximate surface area is 142 Å². The predicted molar refractivity (Wildman–Crippen MR) is 91.5 cm³/mol. The second-order valence-electron chi connectivity index (χ2n) is 5.79. The summed E-state index contributed by atoms with van der Waals surface area (Å²) >= 11 is 1.57. The molecule has 5 nitrogen and oxygen atoms in total. The number of amides is 1. The van der Waals surface area contributed by atoms with Crippen molar-refractivity contribution in [3.05, 3.63) is 22.4 Å². The standard InChI is InChI=1S/C17H27NO4S/c1-13(2)22-9-6-8-18(12-14(3)17(20)21-4)16(19)11-15-7-5-10-23-15/h5,7,10,13-14H,6,8-9,11-12H2,1-4H3. The maximum atomic E-state index is 12.5. The lowest BCUT2D eigenvalue weighted by Crippen LogP contribution is -2.39. The molecule has 1 heterocycles. The third-order valence-corrected chi connectivity index (χ3v) is 4.26. The van der Waals surface area contributed by atoms with Gasteiger partial charge in [-0.25, -0.2) is 0 Å². The van der Waals surface area contributed by atoms with Crippen LogP contribution < -0.4 is 0 Å². The molecule has 0 N–H and O–H groups in total. The van der Waals surface area contributed by atoms with Gasteiger partial charge in [-0.3, -0.25) is 9.59 Å². The van der Waals surface area contributed by atoms with E-state index < -0.39 is 0 Å². The van der Waals surface area contributed by atoms with E-state index in [9.17, 15) is 9.59 Å². The van der Waals surface area contributed by atoms with Gasteiger partial charge in [0.2, 0.25) is 5.91 Å². The van der Waals surface area contributed by atoms with Gasteiger partial charge in [-0.15, -0.1) is 11.3 Å². The molecule has 0 aliphatic carbocycles. The first-order valence-electron chi connectivity index (χ1n) is 7.93. The minimum atomic E-state index is -0.335. The Balaban J connectivity index is 2.59. The van der Waals surface area contributed by atoms with E-state index in [1.807, 2.05) is 31.4 Å². The molecule has 1 aromatic heterocycles. The zero-order chi connectivity index (χ0) is 17.2. The number of esters is 1. The maximum Gasteiger partial charge on any atom is 0.310 e. The quantitative estimate of drug-likeness (QED) is 0.485. The van der Waals surface area contributed by atoms with Crippen LogP contribution in [0.5, 0.6) is 0 Å². The highest BCUT2D eigenvalue weighted by Crippen LogP contribution is 2.12. The molecule has 1 amide bonds. The fourth-order valence-corrected chi connectivity index (χ4v) is 2.87. The lowest BCUT2D eigenvalue weighted by Gasteiger charge is -2.25. The van der Waals surface area contributed by atoms with E-state index in [0.717, 1.165) is 11.3 Å². The third-order valence-electron chi connectivity index (χ3n) is 3.38. The molecule has 130 valence electrons. The molecule has 0 spiro atoms. The van der Waals surface area contributed by atoms with E-state index in [2.05, 4.69) is 0 Å². The van der Waals surface area contributed by atoms with Gasteiger partial charge in [0, 0.05) is 24.6 Å². The van der Waals surface area contributed by atoms with Crippen LogP contribution in [0, 0.1) is 5.92 Å². The number of ether oxygens (including phenoxy) is 2. The number of methoxy groups -OCH3 is 1. The Bertz CT molecular complexity index is 473. The Kier molecular flexibility index (Phi) is 8.87. The van der Waals surface area contributed by atoms with Crippen LogP contribution in [-0.4, -0.2) is 49.7 Å². The van der Waals surface area contributed by atoms with Crippen LogP contribution in [0.15, 0.2) is 17.5 Å². The van der Waals surface area contributed by atoms with Crippen LogP contribution in [0.4, 0.5) is 0 Å². The lowest BCUT2D eigenvalue weighted by molar-refractivity contribution is -0.146. The topological polar surface area (TPSA) is 55.8 Å². The number of rotatable bonds is 10. The van der Waals surface area contributed by atoms with E-state index in [-0.39, 0.29) is 23.9 Å². The summed E-state index contributed by atoms with van der Waals surface area (Å²) in [7, 11) is 1.37. The first kappa shape index (κ1) is 19.6. The molecule has 0 radical (unpaired) electrons. The zero-order valence-electron chi connectivity index (χ0n) is 14.4. The first-order valence-corrected chi connectivity index (χ1v) is 8.81. The van der Waals surface area contributed by atoms with Crippen molar-refractivity contribution in [3.8, 4) is 0 Å². The Hall–Kier alpha value is -1.40. The molecule has 1 aromatic rings. The molecule has 0 aromatic carbocycles. The number of hydrogen-bond donors (Lipinski definition) is 0.